The summed E-state index contributed by atoms with van der Waals surface area (Å²) in [7, 11) is 1.60. The fourth-order valence-corrected chi connectivity index (χ4v) is 6.56. The Bertz CT molecular complexity index is 1140. The van der Waals surface area contributed by atoms with E-state index in [1.165, 1.54) is 4.90 Å². The lowest BCUT2D eigenvalue weighted by Crippen LogP contribution is -2.59. The van der Waals surface area contributed by atoms with Gasteiger partial charge in [-0.25, -0.2) is 4.90 Å². The number of amides is 2. The third-order valence-corrected chi connectivity index (χ3v) is 7.97. The molecule has 2 bridgehead atoms. The minimum Gasteiger partial charge on any atom is -0.497 e. The van der Waals surface area contributed by atoms with Crippen molar-refractivity contribution >= 4 is 17.5 Å². The number of carbonyl (C=O) groups excluding carboxylic acids is 2. The molecule has 0 spiro atoms. The van der Waals surface area contributed by atoms with Gasteiger partial charge in [-0.05, 0) is 46.5 Å². The lowest BCUT2D eigenvalue weighted by molar-refractivity contribution is -0.124. The second-order valence-corrected chi connectivity index (χ2v) is 9.16. The molecule has 3 aromatic rings. The molecule has 154 valence electrons. The summed E-state index contributed by atoms with van der Waals surface area (Å²) in [4.78, 5) is 29.3. The van der Waals surface area contributed by atoms with Gasteiger partial charge in [-0.1, -0.05) is 62.4 Å². The Hall–Kier alpha value is -3.40. The molecule has 1 aliphatic heterocycles. The number of nitrogens with zero attached hydrogens (tertiary/aromatic N) is 1. The highest BCUT2D eigenvalue weighted by Gasteiger charge is 2.70. The van der Waals surface area contributed by atoms with Crippen LogP contribution in [-0.4, -0.2) is 18.9 Å². The van der Waals surface area contributed by atoms with E-state index in [-0.39, 0.29) is 11.8 Å². The van der Waals surface area contributed by atoms with Gasteiger partial charge in [0.05, 0.1) is 24.6 Å². The predicted octanol–water partition coefficient (Wildman–Crippen LogP) is 4.44. The quantitative estimate of drug-likeness (QED) is 0.588. The highest BCUT2D eigenvalue weighted by atomic mass is 16.5. The smallest absolute Gasteiger partial charge is 0.238 e. The minimum absolute atomic E-state index is 0.113. The summed E-state index contributed by atoms with van der Waals surface area (Å²) >= 11 is 0. The Morgan fingerprint density at radius 2 is 1.06 bits per heavy atom. The van der Waals surface area contributed by atoms with Crippen molar-refractivity contribution in [3.05, 3.63) is 95.1 Å². The average molecular weight is 409 g/mol. The minimum atomic E-state index is -0.552. The van der Waals surface area contributed by atoms with E-state index in [0.29, 0.717) is 11.4 Å². The van der Waals surface area contributed by atoms with Crippen LogP contribution in [0.4, 0.5) is 5.69 Å². The topological polar surface area (TPSA) is 46.6 Å². The van der Waals surface area contributed by atoms with Crippen LogP contribution in [0.15, 0.2) is 72.8 Å². The molecular weight excluding hydrogens is 386 g/mol. The molecule has 0 radical (unpaired) electrons. The number of imide groups is 1. The number of methoxy groups -OCH3 is 1. The number of carbonyl (C=O) groups is 2. The molecule has 3 aromatic carbocycles. The maximum Gasteiger partial charge on any atom is 0.238 e. The first-order valence-electron chi connectivity index (χ1n) is 10.7. The molecule has 0 saturated carbocycles. The molecule has 7 rings (SSSR count). The van der Waals surface area contributed by atoms with Gasteiger partial charge < -0.3 is 4.74 Å². The Labute approximate surface area is 181 Å². The lowest BCUT2D eigenvalue weighted by atomic mass is 9.42. The maximum absolute atomic E-state index is 13.9. The summed E-state index contributed by atoms with van der Waals surface area (Å²) < 4.78 is 5.25. The first kappa shape index (κ1) is 18.4. The maximum atomic E-state index is 13.9. The summed E-state index contributed by atoms with van der Waals surface area (Å²) in [6, 6.07) is 23.8. The fraction of sp³-hybridized carbons (Fsp3) is 0.259. The zero-order chi connectivity index (χ0) is 21.5. The Morgan fingerprint density at radius 3 is 1.42 bits per heavy atom. The van der Waals surface area contributed by atoms with Gasteiger partial charge >= 0.3 is 0 Å². The Kier molecular flexibility index (Phi) is 3.47. The van der Waals surface area contributed by atoms with Crippen LogP contribution in [0.2, 0.25) is 0 Å². The van der Waals surface area contributed by atoms with Crippen LogP contribution in [0.5, 0.6) is 5.75 Å². The van der Waals surface area contributed by atoms with Crippen LogP contribution in [0.1, 0.15) is 36.1 Å². The zero-order valence-electron chi connectivity index (χ0n) is 17.8. The van der Waals surface area contributed by atoms with Gasteiger partial charge in [-0.2, -0.15) is 0 Å². The molecule has 0 aromatic heterocycles. The summed E-state index contributed by atoms with van der Waals surface area (Å²) in [5.74, 6) is -0.399. The van der Waals surface area contributed by atoms with Crippen LogP contribution in [0, 0.1) is 11.8 Å². The molecule has 4 nitrogen and oxygen atoms in total. The number of rotatable bonds is 2. The third kappa shape index (κ3) is 1.96. The van der Waals surface area contributed by atoms with E-state index in [4.69, 9.17) is 4.74 Å². The lowest BCUT2D eigenvalue weighted by Gasteiger charge is -2.57. The molecule has 4 heteroatoms. The SMILES string of the molecule is COc1ccc(N2C(=O)[C@@H]3[C@H](C2=O)C2(C)c4ccccc4C3(C)c3ccccc32)cc1. The molecule has 1 fully saturated rings. The predicted molar refractivity (Wildman–Crippen MR) is 118 cm³/mol. The van der Waals surface area contributed by atoms with Crippen LogP contribution in [-0.2, 0) is 20.4 Å². The van der Waals surface area contributed by atoms with Crippen LogP contribution < -0.4 is 9.64 Å². The molecule has 3 aliphatic carbocycles. The van der Waals surface area contributed by atoms with Crippen molar-refractivity contribution in [3.63, 3.8) is 0 Å². The highest BCUT2D eigenvalue weighted by molar-refractivity contribution is 6.24. The van der Waals surface area contributed by atoms with E-state index in [9.17, 15) is 9.59 Å². The second kappa shape index (κ2) is 5.85. The van der Waals surface area contributed by atoms with Crippen molar-refractivity contribution in [2.45, 2.75) is 24.7 Å². The van der Waals surface area contributed by atoms with E-state index in [2.05, 4.69) is 38.1 Å². The molecule has 2 atom stereocenters. The van der Waals surface area contributed by atoms with E-state index in [1.54, 1.807) is 31.4 Å². The van der Waals surface area contributed by atoms with Crippen LogP contribution >= 0.6 is 0 Å². The summed E-state index contributed by atoms with van der Waals surface area (Å²) in [5, 5.41) is 0. The van der Waals surface area contributed by atoms with Gasteiger partial charge in [0.15, 0.2) is 0 Å². The number of anilines is 1. The molecule has 2 amide bonds. The van der Waals surface area contributed by atoms with Crippen molar-refractivity contribution in [3.8, 4) is 5.75 Å². The van der Waals surface area contributed by atoms with Gasteiger partial charge in [-0.15, -0.1) is 0 Å². The largest absolute Gasteiger partial charge is 0.497 e. The van der Waals surface area contributed by atoms with Crippen molar-refractivity contribution in [1.29, 1.82) is 0 Å². The van der Waals surface area contributed by atoms with E-state index < -0.39 is 22.7 Å². The first-order chi connectivity index (χ1) is 14.9. The fourth-order valence-electron chi connectivity index (χ4n) is 6.56. The standard InChI is InChI=1S/C27H23NO3/c1-26-18-8-4-6-10-20(18)27(2,21-11-7-5-9-19(21)26)23-22(26)24(29)28(25(23)30)16-12-14-17(31-3)15-13-16/h4-15,22-23H,1-3H3/t22-,23+,26?,27?. The molecule has 1 saturated heterocycles. The monoisotopic (exact) mass is 409 g/mol. The number of ether oxygens (including phenoxy) is 1. The number of hydrogen-bond acceptors (Lipinski definition) is 3. The van der Waals surface area contributed by atoms with Crippen LogP contribution in [0.3, 0.4) is 0 Å². The zero-order valence-corrected chi connectivity index (χ0v) is 17.8. The first-order valence-corrected chi connectivity index (χ1v) is 10.7. The molecular formula is C27H23NO3. The van der Waals surface area contributed by atoms with Gasteiger partial charge in [0.2, 0.25) is 11.8 Å². The van der Waals surface area contributed by atoms with Gasteiger partial charge in [0, 0.05) is 10.8 Å². The highest BCUT2D eigenvalue weighted by Crippen LogP contribution is 2.66. The van der Waals surface area contributed by atoms with Gasteiger partial charge in [0.25, 0.3) is 0 Å². The normalized spacial score (nSPS) is 30.1. The summed E-state index contributed by atoms with van der Waals surface area (Å²) in [6.45, 7) is 4.29. The number of hydrogen-bond donors (Lipinski definition) is 0. The average Bonchev–Trinajstić information content (AvgIpc) is 3.08. The van der Waals surface area contributed by atoms with E-state index in [0.717, 1.165) is 22.3 Å². The Balaban J connectivity index is 1.62. The molecule has 0 N–H and O–H groups in total. The number of benzene rings is 3. The summed E-state index contributed by atoms with van der Waals surface area (Å²) in [5.41, 5.74) is 4.15. The van der Waals surface area contributed by atoms with Crippen molar-refractivity contribution in [1.82, 2.24) is 0 Å². The van der Waals surface area contributed by atoms with Gasteiger partial charge in [0.1, 0.15) is 5.75 Å². The van der Waals surface area contributed by atoms with Gasteiger partial charge in [-0.3, -0.25) is 9.59 Å². The van der Waals surface area contributed by atoms with E-state index in [1.807, 2.05) is 24.3 Å². The molecule has 31 heavy (non-hydrogen) atoms. The van der Waals surface area contributed by atoms with Crippen molar-refractivity contribution in [2.24, 2.45) is 11.8 Å². The van der Waals surface area contributed by atoms with Crippen LogP contribution in [0.25, 0.3) is 0 Å². The molecule has 1 heterocycles. The molecule has 4 aliphatic rings. The second-order valence-electron chi connectivity index (χ2n) is 9.16. The van der Waals surface area contributed by atoms with Crippen molar-refractivity contribution < 1.29 is 14.3 Å². The van der Waals surface area contributed by atoms with Crippen molar-refractivity contribution in [2.75, 3.05) is 12.0 Å². The summed E-state index contributed by atoms with van der Waals surface area (Å²) in [6.07, 6.45) is 0. The van der Waals surface area contributed by atoms with E-state index >= 15 is 0 Å². The molecule has 0 unspecified atom stereocenters. The third-order valence-electron chi connectivity index (χ3n) is 7.97. The Morgan fingerprint density at radius 1 is 0.677 bits per heavy atom.